The molecule has 0 spiro atoms. The van der Waals surface area contributed by atoms with Crippen molar-refractivity contribution in [3.63, 3.8) is 0 Å². The molecule has 0 aromatic heterocycles. The lowest BCUT2D eigenvalue weighted by Crippen LogP contribution is -2.41. The van der Waals surface area contributed by atoms with Crippen molar-refractivity contribution in [3.8, 4) is 0 Å². The SMILES string of the molecule is O=C(CCCCCCCCC1CC2C=CC1C2)OCC(F)(F)C(F)(F)F. The van der Waals surface area contributed by atoms with E-state index < -0.39 is 24.7 Å². The summed E-state index contributed by atoms with van der Waals surface area (Å²) >= 11 is 0. The number of hydrogen-bond acceptors (Lipinski definition) is 2. The summed E-state index contributed by atoms with van der Waals surface area (Å²) in [5, 5.41) is 0. The van der Waals surface area contributed by atoms with E-state index in [9.17, 15) is 26.7 Å². The topological polar surface area (TPSA) is 26.3 Å². The minimum absolute atomic E-state index is 0.120. The Kier molecular flexibility index (Phi) is 7.47. The number of carbonyl (C=O) groups is 1. The maximum atomic E-state index is 12.6. The summed E-state index contributed by atoms with van der Waals surface area (Å²) in [6.07, 6.45) is 8.36. The van der Waals surface area contributed by atoms with Crippen LogP contribution in [0.1, 0.15) is 64.2 Å². The van der Waals surface area contributed by atoms with E-state index in [1.807, 2.05) is 0 Å². The van der Waals surface area contributed by atoms with E-state index in [4.69, 9.17) is 0 Å². The van der Waals surface area contributed by atoms with Crippen LogP contribution in [0, 0.1) is 17.8 Å². The first kappa shape index (κ1) is 21.2. The second-order valence-corrected chi connectivity index (χ2v) is 7.56. The number of ether oxygens (including phenoxy) is 1. The first-order valence-corrected chi connectivity index (χ1v) is 9.47. The van der Waals surface area contributed by atoms with Crippen LogP contribution < -0.4 is 0 Å². The van der Waals surface area contributed by atoms with E-state index in [0.717, 1.165) is 43.4 Å². The van der Waals surface area contributed by atoms with Gasteiger partial charge in [0.15, 0.2) is 6.61 Å². The summed E-state index contributed by atoms with van der Waals surface area (Å²) < 4.78 is 65.1. The summed E-state index contributed by atoms with van der Waals surface area (Å²) in [5.41, 5.74) is 0. The number of esters is 1. The number of halogens is 5. The lowest BCUT2D eigenvalue weighted by molar-refractivity contribution is -0.294. The van der Waals surface area contributed by atoms with E-state index in [2.05, 4.69) is 16.9 Å². The minimum atomic E-state index is -5.69. The van der Waals surface area contributed by atoms with Crippen LogP contribution in [0.4, 0.5) is 22.0 Å². The Hall–Kier alpha value is -1.14. The molecule has 2 bridgehead atoms. The molecule has 0 aliphatic heterocycles. The lowest BCUT2D eigenvalue weighted by atomic mass is 9.88. The molecule has 0 amide bonds. The van der Waals surface area contributed by atoms with E-state index in [1.165, 1.54) is 25.7 Å². The van der Waals surface area contributed by atoms with Gasteiger partial charge in [0, 0.05) is 6.42 Å². The van der Waals surface area contributed by atoms with Gasteiger partial charge in [0.1, 0.15) is 0 Å². The van der Waals surface area contributed by atoms with E-state index >= 15 is 0 Å². The van der Waals surface area contributed by atoms with Crippen LogP contribution in [0.5, 0.6) is 0 Å². The zero-order chi connectivity index (χ0) is 19.2. The maximum absolute atomic E-state index is 12.6. The Morgan fingerprint density at radius 3 is 2.15 bits per heavy atom. The quantitative estimate of drug-likeness (QED) is 0.188. The molecule has 1 fully saturated rings. The monoisotopic (exact) mass is 382 g/mol. The van der Waals surface area contributed by atoms with Crippen molar-refractivity contribution in [2.75, 3.05) is 6.61 Å². The molecule has 0 heterocycles. The predicted octanol–water partition coefficient (Wildman–Crippen LogP) is 6.06. The molecule has 3 unspecified atom stereocenters. The van der Waals surface area contributed by atoms with E-state index in [-0.39, 0.29) is 6.42 Å². The van der Waals surface area contributed by atoms with Crippen LogP contribution in [0.2, 0.25) is 0 Å². The molecule has 0 N–H and O–H groups in total. The summed E-state index contributed by atoms with van der Waals surface area (Å²) in [4.78, 5) is 11.2. The van der Waals surface area contributed by atoms with Gasteiger partial charge < -0.3 is 4.74 Å². The molecule has 2 aliphatic carbocycles. The zero-order valence-corrected chi connectivity index (χ0v) is 14.9. The predicted molar refractivity (Wildman–Crippen MR) is 87.7 cm³/mol. The van der Waals surface area contributed by atoms with Gasteiger partial charge in [-0.05, 0) is 43.4 Å². The van der Waals surface area contributed by atoms with Gasteiger partial charge in [-0.3, -0.25) is 4.79 Å². The molecule has 0 aromatic carbocycles. The number of unbranched alkanes of at least 4 members (excludes halogenated alkanes) is 5. The van der Waals surface area contributed by atoms with E-state index in [0.29, 0.717) is 6.42 Å². The molecule has 0 aromatic rings. The van der Waals surface area contributed by atoms with Crippen molar-refractivity contribution >= 4 is 5.97 Å². The number of alkyl halides is 5. The van der Waals surface area contributed by atoms with Gasteiger partial charge >= 0.3 is 18.1 Å². The average molecular weight is 382 g/mol. The van der Waals surface area contributed by atoms with Crippen LogP contribution in [0.3, 0.4) is 0 Å². The Balaban J connectivity index is 1.42. The highest BCUT2D eigenvalue weighted by Gasteiger charge is 2.58. The van der Waals surface area contributed by atoms with Gasteiger partial charge in [-0.25, -0.2) is 0 Å². The van der Waals surface area contributed by atoms with Crippen molar-refractivity contribution in [3.05, 3.63) is 12.2 Å². The molecule has 150 valence electrons. The largest absolute Gasteiger partial charge is 0.459 e. The van der Waals surface area contributed by atoms with Gasteiger partial charge in [0.25, 0.3) is 0 Å². The molecule has 7 heteroatoms. The Labute approximate surface area is 151 Å². The lowest BCUT2D eigenvalue weighted by Gasteiger charge is -2.19. The highest BCUT2D eigenvalue weighted by molar-refractivity contribution is 5.69. The molecular weight excluding hydrogens is 355 g/mol. The van der Waals surface area contributed by atoms with Gasteiger partial charge in [0.2, 0.25) is 0 Å². The van der Waals surface area contributed by atoms with Crippen molar-refractivity contribution < 1.29 is 31.5 Å². The van der Waals surface area contributed by atoms with Crippen LogP contribution in [0.15, 0.2) is 12.2 Å². The molecule has 0 saturated heterocycles. The summed E-state index contributed by atoms with van der Waals surface area (Å²) in [6, 6.07) is 0. The Bertz CT molecular complexity index is 487. The average Bonchev–Trinajstić information content (AvgIpc) is 3.17. The number of allylic oxidation sites excluding steroid dienone is 2. The third-order valence-electron chi connectivity index (χ3n) is 5.45. The molecule has 1 saturated carbocycles. The normalized spacial score (nSPS) is 25.0. The molecule has 0 radical (unpaired) electrons. The smallest absolute Gasteiger partial charge is 0.456 e. The van der Waals surface area contributed by atoms with Crippen molar-refractivity contribution in [1.29, 1.82) is 0 Å². The van der Waals surface area contributed by atoms with Crippen molar-refractivity contribution in [2.45, 2.75) is 76.3 Å². The van der Waals surface area contributed by atoms with E-state index in [1.54, 1.807) is 0 Å². The van der Waals surface area contributed by atoms with Crippen molar-refractivity contribution in [2.24, 2.45) is 17.8 Å². The molecule has 2 rings (SSSR count). The summed E-state index contributed by atoms with van der Waals surface area (Å²) in [5.74, 6) is -3.55. The van der Waals surface area contributed by atoms with Gasteiger partial charge in [-0.2, -0.15) is 22.0 Å². The second kappa shape index (κ2) is 9.18. The van der Waals surface area contributed by atoms with Crippen LogP contribution in [0.25, 0.3) is 0 Å². The fourth-order valence-corrected chi connectivity index (χ4v) is 3.93. The highest BCUT2D eigenvalue weighted by atomic mass is 19.4. The zero-order valence-electron chi connectivity index (χ0n) is 14.9. The van der Waals surface area contributed by atoms with Crippen LogP contribution in [-0.4, -0.2) is 24.7 Å². The number of carbonyl (C=O) groups excluding carboxylic acids is 1. The number of rotatable bonds is 11. The standard InChI is InChI=1S/C19H27F5O2/c20-18(21,19(22,23)24)13-26-17(25)8-6-4-2-1-3-5-7-15-11-14-9-10-16(15)12-14/h9-10,14-16H,1-8,11-13H2. The molecule has 3 atom stereocenters. The van der Waals surface area contributed by atoms with Crippen molar-refractivity contribution in [1.82, 2.24) is 0 Å². The van der Waals surface area contributed by atoms with Gasteiger partial charge in [-0.1, -0.05) is 44.3 Å². The highest BCUT2D eigenvalue weighted by Crippen LogP contribution is 2.45. The van der Waals surface area contributed by atoms with Gasteiger partial charge in [0.05, 0.1) is 0 Å². The first-order chi connectivity index (χ1) is 12.2. The molecule has 2 aliphatic rings. The minimum Gasteiger partial charge on any atom is -0.459 e. The third-order valence-corrected chi connectivity index (χ3v) is 5.45. The Morgan fingerprint density at radius 2 is 1.58 bits per heavy atom. The van der Waals surface area contributed by atoms with Gasteiger partial charge in [-0.15, -0.1) is 0 Å². The Morgan fingerprint density at radius 1 is 0.923 bits per heavy atom. The number of hydrogen-bond donors (Lipinski definition) is 0. The first-order valence-electron chi connectivity index (χ1n) is 9.47. The van der Waals surface area contributed by atoms with Crippen LogP contribution >= 0.6 is 0 Å². The maximum Gasteiger partial charge on any atom is 0.456 e. The third kappa shape index (κ3) is 6.23. The summed E-state index contributed by atoms with van der Waals surface area (Å²) in [7, 11) is 0. The molecule has 26 heavy (non-hydrogen) atoms. The number of fused-ring (bicyclic) bond motifs is 2. The fourth-order valence-electron chi connectivity index (χ4n) is 3.93. The molecule has 2 nitrogen and oxygen atoms in total. The fraction of sp³-hybridized carbons (Fsp3) is 0.842. The summed E-state index contributed by atoms with van der Waals surface area (Å²) in [6.45, 7) is -1.94. The second-order valence-electron chi connectivity index (χ2n) is 7.56. The molecular formula is C19H27F5O2. The van der Waals surface area contributed by atoms with Crippen LogP contribution in [-0.2, 0) is 9.53 Å².